The topological polar surface area (TPSA) is 86.3 Å². The number of hydrogen-bond donors (Lipinski definition) is 1. The number of nitrogens with one attached hydrogen (secondary N) is 1. The summed E-state index contributed by atoms with van der Waals surface area (Å²) in [5.74, 6) is 2.94. The van der Waals surface area contributed by atoms with Crippen molar-refractivity contribution in [1.29, 1.82) is 0 Å². The summed E-state index contributed by atoms with van der Waals surface area (Å²) in [6, 6.07) is 0. The van der Waals surface area contributed by atoms with Crippen LogP contribution in [0.15, 0.2) is 0 Å². The maximum absolute atomic E-state index is 13.1. The first-order valence-electron chi connectivity index (χ1n) is 18.1. The van der Waals surface area contributed by atoms with E-state index >= 15 is 0 Å². The molecular weight excluding hydrogens is 556 g/mol. The number of alkyl carbamates (subject to hydrolysis) is 1. The van der Waals surface area contributed by atoms with E-state index < -0.39 is 0 Å². The van der Waals surface area contributed by atoms with E-state index in [9.17, 15) is 9.59 Å². The Bertz CT molecular complexity index is 1120. The summed E-state index contributed by atoms with van der Waals surface area (Å²) < 4.78 is 24.7. The molecule has 8 heteroatoms. The summed E-state index contributed by atoms with van der Waals surface area (Å²) in [6.45, 7) is 16.7. The molecule has 7 fully saturated rings. The van der Waals surface area contributed by atoms with Crippen molar-refractivity contribution < 1.29 is 28.5 Å². The highest BCUT2D eigenvalue weighted by molar-refractivity contribution is 5.68. The van der Waals surface area contributed by atoms with Crippen LogP contribution in [0.5, 0.6) is 0 Å². The summed E-state index contributed by atoms with van der Waals surface area (Å²) in [5, 5.41) is 2.81. The van der Waals surface area contributed by atoms with Crippen molar-refractivity contribution in [1.82, 2.24) is 10.2 Å². The van der Waals surface area contributed by atoms with Crippen molar-refractivity contribution in [3.05, 3.63) is 0 Å². The molecule has 2 aliphatic heterocycles. The number of hydrogen-bond acceptors (Lipinski definition) is 6. The highest BCUT2D eigenvalue weighted by Crippen LogP contribution is 2.87. The van der Waals surface area contributed by atoms with Crippen molar-refractivity contribution >= 4 is 12.2 Å². The Labute approximate surface area is 265 Å². The number of carbonyl (C=O) groups excluding carboxylic acids is 2. The van der Waals surface area contributed by atoms with E-state index in [0.29, 0.717) is 66.8 Å². The molecule has 0 aromatic carbocycles. The molecule has 7 rings (SSSR count). The Morgan fingerprint density at radius 1 is 0.932 bits per heavy atom. The molecule has 7 aliphatic rings. The third-order valence-corrected chi connectivity index (χ3v) is 14.7. The summed E-state index contributed by atoms with van der Waals surface area (Å²) in [5.41, 5.74) is 1.22. The maximum Gasteiger partial charge on any atom is 0.410 e. The van der Waals surface area contributed by atoms with Crippen LogP contribution < -0.4 is 5.32 Å². The van der Waals surface area contributed by atoms with Crippen molar-refractivity contribution in [2.24, 2.45) is 51.2 Å². The first kappa shape index (κ1) is 31.1. The highest BCUT2D eigenvalue weighted by Gasteiger charge is 2.81. The van der Waals surface area contributed by atoms with E-state index in [1.54, 1.807) is 0 Å². The molecule has 11 unspecified atom stereocenters. The van der Waals surface area contributed by atoms with Crippen LogP contribution in [0.4, 0.5) is 9.59 Å². The molecule has 2 heterocycles. The van der Waals surface area contributed by atoms with Crippen LogP contribution in [0.25, 0.3) is 0 Å². The predicted octanol–water partition coefficient (Wildman–Crippen LogP) is 6.80. The smallest absolute Gasteiger partial charge is 0.410 e. The van der Waals surface area contributed by atoms with Gasteiger partial charge in [-0.05, 0) is 117 Å². The lowest BCUT2D eigenvalue weighted by molar-refractivity contribution is -0.149. The number of nitrogens with zero attached hydrogens (tertiary/aromatic N) is 1. The Kier molecular flexibility index (Phi) is 7.79. The van der Waals surface area contributed by atoms with Crippen LogP contribution in [0.2, 0.25) is 0 Å². The molecule has 5 aliphatic carbocycles. The molecule has 8 nitrogen and oxygen atoms in total. The second kappa shape index (κ2) is 11.0. The van der Waals surface area contributed by atoms with Crippen molar-refractivity contribution in [2.75, 3.05) is 32.8 Å². The van der Waals surface area contributed by atoms with E-state index in [2.05, 4.69) is 39.9 Å². The Balaban J connectivity index is 1.05. The van der Waals surface area contributed by atoms with Gasteiger partial charge in [0.15, 0.2) is 0 Å². The number of carbonyl (C=O) groups is 2. The number of amides is 2. The molecule has 2 amide bonds. The molecule has 0 aromatic heterocycles. The largest absolute Gasteiger partial charge is 0.446 e. The SMILES string of the molecule is CCNC(=O)OC(C(C)C)C1CCC2C(CC3C4CCC5C(C)(C)C(OC(=O)N6CCOCC6)CCC56CC46CCC23C)O1. The van der Waals surface area contributed by atoms with Crippen LogP contribution in [-0.4, -0.2) is 74.4 Å². The van der Waals surface area contributed by atoms with Gasteiger partial charge in [0.2, 0.25) is 0 Å². The van der Waals surface area contributed by atoms with E-state index in [-0.39, 0.29) is 47.9 Å². The van der Waals surface area contributed by atoms with Gasteiger partial charge in [-0.15, -0.1) is 0 Å². The summed E-state index contributed by atoms with van der Waals surface area (Å²) in [7, 11) is 0. The molecule has 2 saturated heterocycles. The van der Waals surface area contributed by atoms with Gasteiger partial charge in [0, 0.05) is 25.0 Å². The second-order valence-electron chi connectivity index (χ2n) is 16.9. The summed E-state index contributed by atoms with van der Waals surface area (Å²) in [6.07, 6.45) is 11.7. The number of morpholine rings is 1. The Hall–Kier alpha value is -1.54. The number of rotatable bonds is 5. The molecule has 0 bridgehead atoms. The predicted molar refractivity (Wildman–Crippen MR) is 167 cm³/mol. The molecule has 248 valence electrons. The monoisotopic (exact) mass is 614 g/mol. The van der Waals surface area contributed by atoms with E-state index in [1.807, 2.05) is 11.8 Å². The van der Waals surface area contributed by atoms with Crippen LogP contribution >= 0.6 is 0 Å². The molecule has 44 heavy (non-hydrogen) atoms. The quantitative estimate of drug-likeness (QED) is 0.367. The van der Waals surface area contributed by atoms with Gasteiger partial charge < -0.3 is 29.2 Å². The molecular formula is C36H58N2O6. The van der Waals surface area contributed by atoms with Crippen LogP contribution in [0.1, 0.15) is 106 Å². The average molecular weight is 615 g/mol. The lowest BCUT2D eigenvalue weighted by Crippen LogP contribution is -2.55. The van der Waals surface area contributed by atoms with Gasteiger partial charge in [-0.2, -0.15) is 0 Å². The fourth-order valence-corrected chi connectivity index (χ4v) is 12.6. The minimum absolute atomic E-state index is 0.00765. The van der Waals surface area contributed by atoms with Gasteiger partial charge in [0.25, 0.3) is 0 Å². The van der Waals surface area contributed by atoms with Crippen LogP contribution in [0.3, 0.4) is 0 Å². The maximum atomic E-state index is 13.1. The van der Waals surface area contributed by atoms with E-state index in [0.717, 1.165) is 18.8 Å². The van der Waals surface area contributed by atoms with Gasteiger partial charge in [-0.1, -0.05) is 34.6 Å². The standard InChI is InChI=1S/C36H58N2O6/c1-7-37-31(39)44-30(22(2)3)26-10-8-24-27(42-26)20-25-23-9-11-28-33(4,5)29(43-32(40)38-16-18-41-19-17-38)12-13-36(28)21-35(23,36)15-14-34(24,25)6/h22-30H,7-21H2,1-6H3,(H,37,39). The fourth-order valence-electron chi connectivity index (χ4n) is 12.6. The third-order valence-electron chi connectivity index (χ3n) is 14.7. The first-order valence-corrected chi connectivity index (χ1v) is 18.1. The Morgan fingerprint density at radius 2 is 1.68 bits per heavy atom. The van der Waals surface area contributed by atoms with Gasteiger partial charge >= 0.3 is 12.2 Å². The lowest BCUT2D eigenvalue weighted by Gasteiger charge is -2.59. The summed E-state index contributed by atoms with van der Waals surface area (Å²) >= 11 is 0. The lowest BCUT2D eigenvalue weighted by atomic mass is 9.46. The van der Waals surface area contributed by atoms with Gasteiger partial charge in [-0.3, -0.25) is 0 Å². The van der Waals surface area contributed by atoms with Crippen LogP contribution in [-0.2, 0) is 18.9 Å². The average Bonchev–Trinajstić information content (AvgIpc) is 3.57. The molecule has 5 saturated carbocycles. The van der Waals surface area contributed by atoms with Crippen molar-refractivity contribution in [3.63, 3.8) is 0 Å². The number of ether oxygens (including phenoxy) is 4. The van der Waals surface area contributed by atoms with Gasteiger partial charge in [0.05, 0.1) is 25.4 Å². The second-order valence-corrected chi connectivity index (χ2v) is 16.9. The zero-order valence-electron chi connectivity index (χ0n) is 28.2. The van der Waals surface area contributed by atoms with Gasteiger partial charge in [0.1, 0.15) is 12.2 Å². The van der Waals surface area contributed by atoms with E-state index in [1.165, 1.54) is 51.4 Å². The molecule has 2 spiro atoms. The molecule has 11 atom stereocenters. The van der Waals surface area contributed by atoms with Crippen molar-refractivity contribution in [3.8, 4) is 0 Å². The zero-order valence-corrected chi connectivity index (χ0v) is 28.2. The molecule has 1 N–H and O–H groups in total. The minimum Gasteiger partial charge on any atom is -0.446 e. The van der Waals surface area contributed by atoms with Crippen molar-refractivity contribution in [2.45, 2.75) is 130 Å². The zero-order chi connectivity index (χ0) is 31.1. The Morgan fingerprint density at radius 3 is 2.41 bits per heavy atom. The number of fused-ring (bicyclic) bond motifs is 4. The van der Waals surface area contributed by atoms with Gasteiger partial charge in [-0.25, -0.2) is 9.59 Å². The highest BCUT2D eigenvalue weighted by atomic mass is 16.6. The molecule has 0 aromatic rings. The summed E-state index contributed by atoms with van der Waals surface area (Å²) in [4.78, 5) is 27.3. The first-order chi connectivity index (χ1) is 21.0. The van der Waals surface area contributed by atoms with E-state index in [4.69, 9.17) is 18.9 Å². The minimum atomic E-state index is -0.324. The molecule has 0 radical (unpaired) electrons. The normalized spacial score (nSPS) is 46.0. The van der Waals surface area contributed by atoms with Crippen LogP contribution in [0, 0.1) is 51.2 Å². The fraction of sp³-hybridized carbons (Fsp3) is 0.944. The third kappa shape index (κ3) is 4.57.